The first-order valence-electron chi connectivity index (χ1n) is 5.70. The number of nitrogens with zero attached hydrogens (tertiary/aromatic N) is 1. The number of β-amino-alcohol motifs (C(OH)–C–C–N with tert-alkyl or cyclic N) is 1. The standard InChI is InChI=1S/C12H19NO2/c1-9(13-7-6-10(14)8-13)11-4-2-3-5-12(11)15/h4-5,9-10,14-15H,2-3,6-8H2,1H3. The third-order valence-corrected chi connectivity index (χ3v) is 3.36. The van der Waals surface area contributed by atoms with E-state index in [-0.39, 0.29) is 12.1 Å². The SMILES string of the molecule is CC(C1=CCCC=C1O)N1CCC(O)C1. The highest BCUT2D eigenvalue weighted by Gasteiger charge is 2.27. The third-order valence-electron chi connectivity index (χ3n) is 3.36. The van der Waals surface area contributed by atoms with Crippen LogP contribution in [0.1, 0.15) is 26.2 Å². The number of allylic oxidation sites excluding steroid dienone is 2. The smallest absolute Gasteiger partial charge is 0.116 e. The average Bonchev–Trinajstić information content (AvgIpc) is 2.65. The van der Waals surface area contributed by atoms with Crippen LogP contribution in [0.15, 0.2) is 23.5 Å². The molecule has 3 nitrogen and oxygen atoms in total. The van der Waals surface area contributed by atoms with Crippen molar-refractivity contribution in [3.8, 4) is 0 Å². The number of rotatable bonds is 2. The minimum absolute atomic E-state index is 0.192. The summed E-state index contributed by atoms with van der Waals surface area (Å²) < 4.78 is 0. The van der Waals surface area contributed by atoms with Gasteiger partial charge in [-0.1, -0.05) is 6.08 Å². The summed E-state index contributed by atoms with van der Waals surface area (Å²) in [5, 5.41) is 19.2. The molecule has 1 aliphatic carbocycles. The van der Waals surface area contributed by atoms with Gasteiger partial charge < -0.3 is 10.2 Å². The van der Waals surface area contributed by atoms with Crippen LogP contribution in [0.25, 0.3) is 0 Å². The van der Waals surface area contributed by atoms with Crippen molar-refractivity contribution in [1.29, 1.82) is 0 Å². The van der Waals surface area contributed by atoms with Crippen LogP contribution in [0.4, 0.5) is 0 Å². The Labute approximate surface area is 90.7 Å². The van der Waals surface area contributed by atoms with Gasteiger partial charge >= 0.3 is 0 Å². The predicted molar refractivity (Wildman–Crippen MR) is 59.7 cm³/mol. The zero-order valence-electron chi connectivity index (χ0n) is 9.19. The summed E-state index contributed by atoms with van der Waals surface area (Å²) in [7, 11) is 0. The van der Waals surface area contributed by atoms with Gasteiger partial charge in [0.2, 0.25) is 0 Å². The summed E-state index contributed by atoms with van der Waals surface area (Å²) in [6.07, 6.45) is 6.61. The first-order valence-corrected chi connectivity index (χ1v) is 5.70. The normalized spacial score (nSPS) is 29.9. The fraction of sp³-hybridized carbons (Fsp3) is 0.667. The van der Waals surface area contributed by atoms with Crippen molar-refractivity contribution < 1.29 is 10.2 Å². The van der Waals surface area contributed by atoms with Crippen LogP contribution in [0.2, 0.25) is 0 Å². The van der Waals surface area contributed by atoms with E-state index in [2.05, 4.69) is 17.9 Å². The van der Waals surface area contributed by atoms with Crippen molar-refractivity contribution in [3.63, 3.8) is 0 Å². The van der Waals surface area contributed by atoms with Crippen molar-refractivity contribution in [3.05, 3.63) is 23.5 Å². The molecule has 1 heterocycles. The topological polar surface area (TPSA) is 43.7 Å². The lowest BCUT2D eigenvalue weighted by Gasteiger charge is -2.27. The molecule has 84 valence electrons. The van der Waals surface area contributed by atoms with Crippen molar-refractivity contribution >= 4 is 0 Å². The molecule has 2 unspecified atom stereocenters. The van der Waals surface area contributed by atoms with E-state index < -0.39 is 0 Å². The molecule has 0 saturated carbocycles. The molecule has 3 heteroatoms. The lowest BCUT2D eigenvalue weighted by Crippen LogP contribution is -2.34. The van der Waals surface area contributed by atoms with Crippen LogP contribution >= 0.6 is 0 Å². The highest BCUT2D eigenvalue weighted by molar-refractivity contribution is 5.32. The summed E-state index contributed by atoms with van der Waals surface area (Å²) in [6.45, 7) is 3.75. The van der Waals surface area contributed by atoms with E-state index in [1.807, 2.05) is 6.08 Å². The van der Waals surface area contributed by atoms with Crippen molar-refractivity contribution in [2.75, 3.05) is 13.1 Å². The van der Waals surface area contributed by atoms with Gasteiger partial charge in [0.1, 0.15) is 5.76 Å². The van der Waals surface area contributed by atoms with E-state index in [0.717, 1.165) is 37.9 Å². The van der Waals surface area contributed by atoms with E-state index >= 15 is 0 Å². The maximum Gasteiger partial charge on any atom is 0.116 e. The summed E-state index contributed by atoms with van der Waals surface area (Å²) in [5.41, 5.74) is 1.02. The summed E-state index contributed by atoms with van der Waals surface area (Å²) in [4.78, 5) is 2.23. The fourth-order valence-corrected chi connectivity index (χ4v) is 2.38. The molecule has 2 N–H and O–H groups in total. The fourth-order valence-electron chi connectivity index (χ4n) is 2.38. The Balaban J connectivity index is 2.04. The second-order valence-electron chi connectivity index (χ2n) is 4.44. The van der Waals surface area contributed by atoms with Crippen molar-refractivity contribution in [1.82, 2.24) is 4.90 Å². The number of hydrogen-bond acceptors (Lipinski definition) is 3. The van der Waals surface area contributed by atoms with Gasteiger partial charge in [-0.25, -0.2) is 0 Å². The Morgan fingerprint density at radius 3 is 2.73 bits per heavy atom. The summed E-state index contributed by atoms with van der Waals surface area (Å²) >= 11 is 0. The molecule has 1 aliphatic heterocycles. The highest BCUT2D eigenvalue weighted by Crippen LogP contribution is 2.25. The number of aliphatic hydroxyl groups is 2. The molecule has 0 amide bonds. The highest BCUT2D eigenvalue weighted by atomic mass is 16.3. The first kappa shape index (κ1) is 10.7. The Kier molecular flexibility index (Phi) is 3.12. The Hall–Kier alpha value is -0.800. The number of hydrogen-bond donors (Lipinski definition) is 2. The molecule has 0 aromatic rings. The van der Waals surface area contributed by atoms with Gasteiger partial charge in [-0.3, -0.25) is 4.90 Å². The van der Waals surface area contributed by atoms with Crippen LogP contribution in [-0.2, 0) is 0 Å². The maximum absolute atomic E-state index is 9.77. The van der Waals surface area contributed by atoms with E-state index in [0.29, 0.717) is 5.76 Å². The van der Waals surface area contributed by atoms with Gasteiger partial charge in [-0.05, 0) is 32.3 Å². The second-order valence-corrected chi connectivity index (χ2v) is 4.44. The Morgan fingerprint density at radius 1 is 1.40 bits per heavy atom. The zero-order valence-corrected chi connectivity index (χ0v) is 9.19. The molecule has 0 bridgehead atoms. The van der Waals surface area contributed by atoms with Crippen LogP contribution < -0.4 is 0 Å². The van der Waals surface area contributed by atoms with Gasteiger partial charge in [-0.15, -0.1) is 0 Å². The van der Waals surface area contributed by atoms with Crippen LogP contribution in [-0.4, -0.2) is 40.3 Å². The molecular formula is C12H19NO2. The first-order chi connectivity index (χ1) is 7.18. The second kappa shape index (κ2) is 4.37. The molecule has 15 heavy (non-hydrogen) atoms. The zero-order chi connectivity index (χ0) is 10.8. The molecule has 0 aromatic heterocycles. The van der Waals surface area contributed by atoms with Crippen molar-refractivity contribution in [2.45, 2.75) is 38.3 Å². The van der Waals surface area contributed by atoms with Crippen LogP contribution in [0, 0.1) is 0 Å². The molecule has 1 saturated heterocycles. The third kappa shape index (κ3) is 2.24. The molecule has 2 rings (SSSR count). The quantitative estimate of drug-likeness (QED) is 0.726. The average molecular weight is 209 g/mol. The predicted octanol–water partition coefficient (Wildman–Crippen LogP) is 1.60. The van der Waals surface area contributed by atoms with Gasteiger partial charge in [0, 0.05) is 24.7 Å². The maximum atomic E-state index is 9.77. The summed E-state index contributed by atoms with van der Waals surface area (Å²) in [6, 6.07) is 0.221. The number of aliphatic hydroxyl groups excluding tert-OH is 2. The number of likely N-dealkylation sites (tertiary alicyclic amines) is 1. The van der Waals surface area contributed by atoms with Gasteiger partial charge in [0.15, 0.2) is 0 Å². The molecule has 0 radical (unpaired) electrons. The summed E-state index contributed by atoms with van der Waals surface area (Å²) in [5.74, 6) is 0.426. The molecule has 2 atom stereocenters. The molecule has 2 aliphatic rings. The van der Waals surface area contributed by atoms with Gasteiger partial charge in [-0.2, -0.15) is 0 Å². The van der Waals surface area contributed by atoms with Crippen LogP contribution in [0.3, 0.4) is 0 Å². The van der Waals surface area contributed by atoms with E-state index in [1.165, 1.54) is 0 Å². The van der Waals surface area contributed by atoms with E-state index in [1.54, 1.807) is 0 Å². The molecule has 0 spiro atoms. The minimum atomic E-state index is -0.192. The van der Waals surface area contributed by atoms with Gasteiger partial charge in [0.05, 0.1) is 6.10 Å². The van der Waals surface area contributed by atoms with E-state index in [9.17, 15) is 10.2 Å². The minimum Gasteiger partial charge on any atom is -0.508 e. The van der Waals surface area contributed by atoms with Crippen LogP contribution in [0.5, 0.6) is 0 Å². The van der Waals surface area contributed by atoms with Crippen molar-refractivity contribution in [2.24, 2.45) is 0 Å². The molecule has 1 fully saturated rings. The largest absolute Gasteiger partial charge is 0.508 e. The van der Waals surface area contributed by atoms with Gasteiger partial charge in [0.25, 0.3) is 0 Å². The molecular weight excluding hydrogens is 190 g/mol. The monoisotopic (exact) mass is 209 g/mol. The lowest BCUT2D eigenvalue weighted by molar-refractivity contribution is 0.167. The van der Waals surface area contributed by atoms with E-state index in [4.69, 9.17) is 0 Å². The Bertz CT molecular complexity index is 296. The lowest BCUT2D eigenvalue weighted by atomic mass is 9.98. The molecule has 0 aromatic carbocycles. The Morgan fingerprint density at radius 2 is 2.13 bits per heavy atom.